The van der Waals surface area contributed by atoms with Crippen LogP contribution in [-0.4, -0.2) is 54.6 Å². The van der Waals surface area contributed by atoms with Crippen LogP contribution in [0.3, 0.4) is 0 Å². The molecule has 0 spiro atoms. The van der Waals surface area contributed by atoms with Crippen molar-refractivity contribution in [1.29, 1.82) is 0 Å². The lowest BCUT2D eigenvalue weighted by Crippen LogP contribution is -2.43. The molecule has 0 saturated carbocycles. The Balaban J connectivity index is 1.87. The molecular weight excluding hydrogens is 245 g/mol. The molecule has 1 fully saturated rings. The first-order valence-electron chi connectivity index (χ1n) is 6.58. The molecule has 104 valence electrons. The molecule has 6 heteroatoms. The van der Waals surface area contributed by atoms with Crippen molar-refractivity contribution in [2.24, 2.45) is 0 Å². The lowest BCUT2D eigenvalue weighted by Gasteiger charge is -2.32. The molecule has 0 amide bonds. The van der Waals surface area contributed by atoms with E-state index in [1.54, 1.807) is 12.1 Å². The number of rotatable bonds is 5. The Bertz CT molecular complexity index is 379. The van der Waals surface area contributed by atoms with Crippen LogP contribution in [-0.2, 0) is 11.2 Å². The summed E-state index contributed by atoms with van der Waals surface area (Å²) < 4.78 is 10.1. The molecule has 0 bridgehead atoms. The van der Waals surface area contributed by atoms with Gasteiger partial charge in [-0.2, -0.15) is 0 Å². The van der Waals surface area contributed by atoms with Gasteiger partial charge in [0, 0.05) is 19.1 Å². The molecule has 1 aliphatic rings. The summed E-state index contributed by atoms with van der Waals surface area (Å²) in [6.45, 7) is 5.81. The Hall–Kier alpha value is -1.08. The normalized spacial score (nSPS) is 18.1. The zero-order valence-electron chi connectivity index (χ0n) is 11.2. The average molecular weight is 265 g/mol. The summed E-state index contributed by atoms with van der Waals surface area (Å²) >= 11 is 0. The fourth-order valence-corrected chi connectivity index (χ4v) is 2.31. The number of hydrogen-bond acceptors (Lipinski definition) is 5. The highest BCUT2D eigenvalue weighted by atomic mass is 16.6. The highest BCUT2D eigenvalue weighted by Crippen LogP contribution is 2.15. The summed E-state index contributed by atoms with van der Waals surface area (Å²) in [6.07, 6.45) is 0.960. The average Bonchev–Trinajstić information content (AvgIpc) is 2.41. The Labute approximate surface area is 113 Å². The van der Waals surface area contributed by atoms with Gasteiger partial charge < -0.3 is 19.4 Å². The molecule has 0 aliphatic carbocycles. The highest BCUT2D eigenvalue weighted by molar-refractivity contribution is 6.33. The van der Waals surface area contributed by atoms with Crippen molar-refractivity contribution in [1.82, 2.24) is 4.90 Å². The van der Waals surface area contributed by atoms with Crippen LogP contribution in [0.4, 0.5) is 0 Å². The fraction of sp³-hybridized carbons (Fsp3) is 0.538. The van der Waals surface area contributed by atoms with E-state index in [0.29, 0.717) is 11.8 Å². The van der Waals surface area contributed by atoms with E-state index in [1.807, 2.05) is 12.1 Å². The quantitative estimate of drug-likeness (QED) is 0.750. The first-order valence-corrected chi connectivity index (χ1v) is 6.58. The summed E-state index contributed by atoms with van der Waals surface area (Å²) in [5.41, 5.74) is 1.21. The molecule has 1 heterocycles. The fourth-order valence-electron chi connectivity index (χ4n) is 2.31. The molecule has 19 heavy (non-hydrogen) atoms. The van der Waals surface area contributed by atoms with Crippen LogP contribution in [0.1, 0.15) is 12.5 Å². The summed E-state index contributed by atoms with van der Waals surface area (Å²) in [4.78, 5) is 2.42. The van der Waals surface area contributed by atoms with Crippen molar-refractivity contribution in [3.05, 3.63) is 29.8 Å². The third-order valence-corrected chi connectivity index (χ3v) is 3.36. The van der Waals surface area contributed by atoms with Gasteiger partial charge in [0.1, 0.15) is 5.75 Å². The van der Waals surface area contributed by atoms with Crippen molar-refractivity contribution >= 4 is 7.32 Å². The second kappa shape index (κ2) is 6.91. The number of morpholine rings is 1. The predicted octanol–water partition coefficient (Wildman–Crippen LogP) is 0.298. The standard InChI is InChI=1S/C13H20BNO4/c1-11(15-6-8-18-9-7-15)10-12-2-4-13(5-3-12)19-14(16)17/h2-5,11,16-17H,6-10H2,1H3. The molecule has 1 unspecified atom stereocenters. The van der Waals surface area contributed by atoms with Gasteiger partial charge in [0.15, 0.2) is 0 Å². The predicted molar refractivity (Wildman–Crippen MR) is 72.8 cm³/mol. The van der Waals surface area contributed by atoms with Crippen LogP contribution < -0.4 is 4.65 Å². The van der Waals surface area contributed by atoms with Crippen molar-refractivity contribution < 1.29 is 19.4 Å². The van der Waals surface area contributed by atoms with Crippen molar-refractivity contribution in [2.45, 2.75) is 19.4 Å². The van der Waals surface area contributed by atoms with Crippen LogP contribution in [0.2, 0.25) is 0 Å². The van der Waals surface area contributed by atoms with Gasteiger partial charge in [0.2, 0.25) is 0 Å². The summed E-state index contributed by atoms with van der Waals surface area (Å²) in [6, 6.07) is 7.88. The van der Waals surface area contributed by atoms with Crippen LogP contribution in [0, 0.1) is 0 Å². The van der Waals surface area contributed by atoms with Gasteiger partial charge in [-0.15, -0.1) is 0 Å². The first-order chi connectivity index (χ1) is 9.15. The van der Waals surface area contributed by atoms with Gasteiger partial charge in [-0.1, -0.05) is 12.1 Å². The molecule has 0 radical (unpaired) electrons. The maximum atomic E-state index is 8.71. The monoisotopic (exact) mass is 265 g/mol. The SMILES string of the molecule is CC(Cc1ccc(OB(O)O)cc1)N1CCOCC1. The van der Waals surface area contributed by atoms with Gasteiger partial charge in [-0.3, -0.25) is 4.90 Å². The molecule has 0 aromatic heterocycles. The second-order valence-corrected chi connectivity index (χ2v) is 4.79. The van der Waals surface area contributed by atoms with Crippen LogP contribution >= 0.6 is 0 Å². The van der Waals surface area contributed by atoms with E-state index in [2.05, 4.69) is 11.8 Å². The maximum Gasteiger partial charge on any atom is 0.707 e. The van der Waals surface area contributed by atoms with E-state index in [9.17, 15) is 0 Å². The van der Waals surface area contributed by atoms with E-state index in [1.165, 1.54) is 5.56 Å². The Kier molecular flexibility index (Phi) is 5.21. The van der Waals surface area contributed by atoms with E-state index in [0.717, 1.165) is 32.7 Å². The topological polar surface area (TPSA) is 62.2 Å². The third kappa shape index (κ3) is 4.51. The number of benzene rings is 1. The molecule has 1 aliphatic heterocycles. The smallest absolute Gasteiger partial charge is 0.512 e. The Morgan fingerprint density at radius 1 is 1.26 bits per heavy atom. The molecule has 1 aromatic rings. The van der Waals surface area contributed by atoms with Crippen molar-refractivity contribution in [3.8, 4) is 5.75 Å². The third-order valence-electron chi connectivity index (χ3n) is 3.36. The zero-order valence-corrected chi connectivity index (χ0v) is 11.2. The largest absolute Gasteiger partial charge is 0.707 e. The van der Waals surface area contributed by atoms with E-state index in [4.69, 9.17) is 19.4 Å². The van der Waals surface area contributed by atoms with Gasteiger partial charge in [-0.25, -0.2) is 0 Å². The lowest BCUT2D eigenvalue weighted by atomic mass is 10.1. The summed E-state index contributed by atoms with van der Waals surface area (Å²) in [5.74, 6) is 0.456. The molecule has 2 rings (SSSR count). The second-order valence-electron chi connectivity index (χ2n) is 4.79. The summed E-state index contributed by atoms with van der Waals surface area (Å²) in [5, 5.41) is 17.4. The van der Waals surface area contributed by atoms with Crippen molar-refractivity contribution in [3.63, 3.8) is 0 Å². The molecular formula is C13H20BNO4. The maximum absolute atomic E-state index is 8.71. The minimum Gasteiger partial charge on any atom is -0.512 e. The molecule has 1 atom stereocenters. The molecule has 1 aromatic carbocycles. The minimum absolute atomic E-state index is 0.456. The van der Waals surface area contributed by atoms with Crippen LogP contribution in [0.25, 0.3) is 0 Å². The number of hydrogen-bond donors (Lipinski definition) is 2. The van der Waals surface area contributed by atoms with Crippen LogP contribution in [0.15, 0.2) is 24.3 Å². The summed E-state index contributed by atoms with van der Waals surface area (Å²) in [7, 11) is -1.77. The van der Waals surface area contributed by atoms with Crippen LogP contribution in [0.5, 0.6) is 5.75 Å². The Morgan fingerprint density at radius 3 is 2.47 bits per heavy atom. The lowest BCUT2D eigenvalue weighted by molar-refractivity contribution is 0.0203. The zero-order chi connectivity index (χ0) is 13.7. The highest BCUT2D eigenvalue weighted by Gasteiger charge is 2.17. The van der Waals surface area contributed by atoms with E-state index >= 15 is 0 Å². The van der Waals surface area contributed by atoms with Gasteiger partial charge in [0.25, 0.3) is 0 Å². The van der Waals surface area contributed by atoms with E-state index < -0.39 is 7.32 Å². The van der Waals surface area contributed by atoms with E-state index in [-0.39, 0.29) is 0 Å². The minimum atomic E-state index is -1.77. The molecule has 1 saturated heterocycles. The van der Waals surface area contributed by atoms with Gasteiger partial charge >= 0.3 is 7.32 Å². The number of nitrogens with zero attached hydrogens (tertiary/aromatic N) is 1. The first kappa shape index (κ1) is 14.3. The van der Waals surface area contributed by atoms with Crippen molar-refractivity contribution in [2.75, 3.05) is 26.3 Å². The Morgan fingerprint density at radius 2 is 1.89 bits per heavy atom. The molecule has 5 nitrogen and oxygen atoms in total. The number of ether oxygens (including phenoxy) is 1. The van der Waals surface area contributed by atoms with Gasteiger partial charge in [-0.05, 0) is 31.0 Å². The van der Waals surface area contributed by atoms with Gasteiger partial charge in [0.05, 0.1) is 13.2 Å². The molecule has 2 N–H and O–H groups in total.